The van der Waals surface area contributed by atoms with Gasteiger partial charge < -0.3 is 10.6 Å². The van der Waals surface area contributed by atoms with Crippen molar-refractivity contribution in [3.05, 3.63) is 0 Å². The third-order valence-electron chi connectivity index (χ3n) is 3.01. The first kappa shape index (κ1) is 12.8. The number of hydrogen-bond donors (Lipinski definition) is 2. The number of nitrogens with one attached hydrogen (secondary N) is 2. The zero-order valence-electron chi connectivity index (χ0n) is 9.88. The monoisotopic (exact) mass is 230 g/mol. The molecule has 0 heterocycles. The van der Waals surface area contributed by atoms with Crippen LogP contribution in [0.5, 0.6) is 0 Å². The molecule has 88 valence electrons. The highest BCUT2D eigenvalue weighted by atomic mass is 32.2. The Balaban J connectivity index is 2.21. The van der Waals surface area contributed by atoms with Gasteiger partial charge in [0.2, 0.25) is 5.91 Å². The molecule has 0 bridgehead atoms. The Morgan fingerprint density at radius 1 is 1.53 bits per heavy atom. The van der Waals surface area contributed by atoms with Gasteiger partial charge in [0.25, 0.3) is 0 Å². The van der Waals surface area contributed by atoms with E-state index in [1.54, 1.807) is 7.05 Å². The molecule has 1 aliphatic rings. The lowest BCUT2D eigenvalue weighted by atomic mass is 10.1. The fourth-order valence-corrected chi connectivity index (χ4v) is 2.94. The molecule has 1 fully saturated rings. The fourth-order valence-electron chi connectivity index (χ4n) is 2.15. The Labute approximate surface area is 96.8 Å². The fraction of sp³-hybridized carbons (Fsp3) is 0.909. The van der Waals surface area contributed by atoms with Crippen LogP contribution in [-0.4, -0.2) is 36.5 Å². The summed E-state index contributed by atoms with van der Waals surface area (Å²) in [6.45, 7) is 2.08. The van der Waals surface area contributed by atoms with Gasteiger partial charge in [-0.3, -0.25) is 4.79 Å². The minimum Gasteiger partial charge on any atom is -0.359 e. The molecule has 1 amide bonds. The van der Waals surface area contributed by atoms with Crippen molar-refractivity contribution >= 4 is 17.7 Å². The van der Waals surface area contributed by atoms with E-state index < -0.39 is 0 Å². The zero-order valence-corrected chi connectivity index (χ0v) is 10.7. The molecule has 4 heteroatoms. The van der Waals surface area contributed by atoms with Gasteiger partial charge in [0.05, 0.1) is 0 Å². The van der Waals surface area contributed by atoms with Gasteiger partial charge in [0.1, 0.15) is 0 Å². The Morgan fingerprint density at radius 3 is 2.80 bits per heavy atom. The highest BCUT2D eigenvalue weighted by molar-refractivity contribution is 7.99. The van der Waals surface area contributed by atoms with Crippen LogP contribution >= 0.6 is 11.8 Å². The van der Waals surface area contributed by atoms with Crippen LogP contribution in [0.4, 0.5) is 0 Å². The average Bonchev–Trinajstić information content (AvgIpc) is 2.65. The van der Waals surface area contributed by atoms with E-state index in [1.807, 2.05) is 11.8 Å². The lowest BCUT2D eigenvalue weighted by molar-refractivity contribution is -0.121. The van der Waals surface area contributed by atoms with E-state index in [-0.39, 0.29) is 11.9 Å². The van der Waals surface area contributed by atoms with Crippen LogP contribution in [0.1, 0.15) is 32.6 Å². The van der Waals surface area contributed by atoms with E-state index in [1.165, 1.54) is 19.3 Å². The summed E-state index contributed by atoms with van der Waals surface area (Å²) in [5.41, 5.74) is 0. The predicted octanol–water partition coefficient (Wildman–Crippen LogP) is 1.38. The molecule has 0 spiro atoms. The molecular weight excluding hydrogens is 208 g/mol. The molecule has 1 saturated carbocycles. The molecule has 0 aliphatic heterocycles. The molecule has 3 unspecified atom stereocenters. The molecule has 1 rings (SSSR count). The molecule has 0 aromatic heterocycles. The van der Waals surface area contributed by atoms with Gasteiger partial charge >= 0.3 is 0 Å². The summed E-state index contributed by atoms with van der Waals surface area (Å²) < 4.78 is 0. The molecule has 0 saturated heterocycles. The minimum absolute atomic E-state index is 0.120. The van der Waals surface area contributed by atoms with Crippen LogP contribution < -0.4 is 10.6 Å². The first-order chi connectivity index (χ1) is 7.15. The molecule has 3 nitrogen and oxygen atoms in total. The molecule has 3 atom stereocenters. The standard InChI is InChI=1S/C11H22N2OS/c1-8(6-11(14)12-2)13-9-4-5-10(7-9)15-3/h8-10,13H,4-7H2,1-3H3,(H,12,14). The second kappa shape index (κ2) is 6.38. The van der Waals surface area contributed by atoms with Crippen molar-refractivity contribution in [2.24, 2.45) is 0 Å². The Morgan fingerprint density at radius 2 is 2.27 bits per heavy atom. The van der Waals surface area contributed by atoms with E-state index >= 15 is 0 Å². The van der Waals surface area contributed by atoms with E-state index in [0.29, 0.717) is 12.5 Å². The largest absolute Gasteiger partial charge is 0.359 e. The van der Waals surface area contributed by atoms with Crippen LogP contribution in [0.2, 0.25) is 0 Å². The third-order valence-corrected chi connectivity index (χ3v) is 4.10. The number of carbonyl (C=O) groups is 1. The number of hydrogen-bond acceptors (Lipinski definition) is 3. The molecule has 1 aliphatic carbocycles. The number of thioether (sulfide) groups is 1. The summed E-state index contributed by atoms with van der Waals surface area (Å²) in [5.74, 6) is 0.120. The lowest BCUT2D eigenvalue weighted by Crippen LogP contribution is -2.38. The SMILES string of the molecule is CNC(=O)CC(C)NC1CCC(SC)C1. The topological polar surface area (TPSA) is 41.1 Å². The van der Waals surface area contributed by atoms with Gasteiger partial charge in [-0.15, -0.1) is 0 Å². The second-order valence-corrected chi connectivity index (χ2v) is 5.45. The van der Waals surface area contributed by atoms with Gasteiger partial charge in [0, 0.05) is 30.8 Å². The number of amides is 1. The molecule has 0 aromatic rings. The van der Waals surface area contributed by atoms with E-state index in [2.05, 4.69) is 23.8 Å². The lowest BCUT2D eigenvalue weighted by Gasteiger charge is -2.18. The zero-order chi connectivity index (χ0) is 11.3. The second-order valence-electron chi connectivity index (χ2n) is 4.31. The maximum atomic E-state index is 11.2. The molecule has 2 N–H and O–H groups in total. The van der Waals surface area contributed by atoms with Crippen molar-refractivity contribution in [3.63, 3.8) is 0 Å². The van der Waals surface area contributed by atoms with Crippen LogP contribution in [0.15, 0.2) is 0 Å². The van der Waals surface area contributed by atoms with Gasteiger partial charge in [0.15, 0.2) is 0 Å². The Kier molecular flexibility index (Phi) is 5.47. The maximum absolute atomic E-state index is 11.2. The number of carbonyl (C=O) groups excluding carboxylic acids is 1. The van der Waals surface area contributed by atoms with Gasteiger partial charge in [-0.2, -0.15) is 11.8 Å². The quantitative estimate of drug-likeness (QED) is 0.750. The van der Waals surface area contributed by atoms with Crippen LogP contribution in [0, 0.1) is 0 Å². The van der Waals surface area contributed by atoms with Crippen molar-refractivity contribution in [1.82, 2.24) is 10.6 Å². The van der Waals surface area contributed by atoms with Crippen LogP contribution in [0.25, 0.3) is 0 Å². The summed E-state index contributed by atoms with van der Waals surface area (Å²) in [5, 5.41) is 7.01. The number of rotatable bonds is 5. The highest BCUT2D eigenvalue weighted by Crippen LogP contribution is 2.28. The highest BCUT2D eigenvalue weighted by Gasteiger charge is 2.24. The van der Waals surface area contributed by atoms with E-state index in [9.17, 15) is 4.79 Å². The minimum atomic E-state index is 0.120. The summed E-state index contributed by atoms with van der Waals surface area (Å²) in [7, 11) is 1.69. The Hall–Kier alpha value is -0.220. The van der Waals surface area contributed by atoms with Crippen molar-refractivity contribution in [2.45, 2.75) is 49.9 Å². The molecule has 0 aromatic carbocycles. The van der Waals surface area contributed by atoms with Crippen molar-refractivity contribution in [3.8, 4) is 0 Å². The van der Waals surface area contributed by atoms with Gasteiger partial charge in [-0.1, -0.05) is 0 Å². The maximum Gasteiger partial charge on any atom is 0.221 e. The van der Waals surface area contributed by atoms with Crippen molar-refractivity contribution in [1.29, 1.82) is 0 Å². The average molecular weight is 230 g/mol. The van der Waals surface area contributed by atoms with Crippen molar-refractivity contribution in [2.75, 3.05) is 13.3 Å². The molecule has 15 heavy (non-hydrogen) atoms. The predicted molar refractivity (Wildman–Crippen MR) is 66.2 cm³/mol. The summed E-state index contributed by atoms with van der Waals surface area (Å²) in [6, 6.07) is 0.901. The van der Waals surface area contributed by atoms with Gasteiger partial charge in [-0.25, -0.2) is 0 Å². The summed E-state index contributed by atoms with van der Waals surface area (Å²) in [6.07, 6.45) is 6.58. The Bertz CT molecular complexity index is 211. The first-order valence-electron chi connectivity index (χ1n) is 5.65. The van der Waals surface area contributed by atoms with Gasteiger partial charge in [-0.05, 0) is 32.4 Å². The summed E-state index contributed by atoms with van der Waals surface area (Å²) in [4.78, 5) is 11.2. The van der Waals surface area contributed by atoms with E-state index in [0.717, 1.165) is 5.25 Å². The smallest absolute Gasteiger partial charge is 0.221 e. The van der Waals surface area contributed by atoms with Crippen molar-refractivity contribution < 1.29 is 4.79 Å². The first-order valence-corrected chi connectivity index (χ1v) is 6.94. The van der Waals surface area contributed by atoms with Crippen LogP contribution in [0.3, 0.4) is 0 Å². The molecule has 0 radical (unpaired) electrons. The summed E-state index contributed by atoms with van der Waals surface area (Å²) >= 11 is 1.96. The molecular formula is C11H22N2OS. The third kappa shape index (κ3) is 4.43. The van der Waals surface area contributed by atoms with Crippen LogP contribution in [-0.2, 0) is 4.79 Å². The normalized spacial score (nSPS) is 27.7. The van der Waals surface area contributed by atoms with E-state index in [4.69, 9.17) is 0 Å².